The van der Waals surface area contributed by atoms with Gasteiger partial charge < -0.3 is 5.11 Å². The number of aliphatic hydroxyl groups is 1. The number of rotatable bonds is 7. The molecule has 0 aliphatic rings. The Morgan fingerprint density at radius 2 is 1.62 bits per heavy atom. The van der Waals surface area contributed by atoms with Gasteiger partial charge in [0.2, 0.25) is 5.91 Å². The van der Waals surface area contributed by atoms with Crippen LogP contribution in [0.25, 0.3) is 0 Å². The van der Waals surface area contributed by atoms with Crippen LogP contribution in [0.2, 0.25) is 0 Å². The van der Waals surface area contributed by atoms with Crippen LogP contribution in [0, 0.1) is 11.8 Å². The van der Waals surface area contributed by atoms with Crippen LogP contribution in [-0.2, 0) is 4.79 Å². The summed E-state index contributed by atoms with van der Waals surface area (Å²) in [7, 11) is 0. The van der Waals surface area contributed by atoms with Gasteiger partial charge in [-0.2, -0.15) is 0 Å². The minimum Gasteiger partial charge on any atom is -0.388 e. The molecule has 0 saturated heterocycles. The minimum absolute atomic E-state index is 0.260. The first-order valence-electron chi connectivity index (χ1n) is 8.49. The molecule has 5 heteroatoms. The lowest BCUT2D eigenvalue weighted by Crippen LogP contribution is -2.17. The second-order valence-corrected chi connectivity index (χ2v) is 6.78. The molecular formula is C21H23NO3S. The largest absolute Gasteiger partial charge is 0.388 e. The molecule has 0 aliphatic heterocycles. The first-order chi connectivity index (χ1) is 12.6. The van der Waals surface area contributed by atoms with E-state index in [0.29, 0.717) is 19.3 Å². The average molecular weight is 369 g/mol. The predicted molar refractivity (Wildman–Crippen MR) is 104 cm³/mol. The maximum atomic E-state index is 10.9. The van der Waals surface area contributed by atoms with Crippen molar-refractivity contribution >= 4 is 17.7 Å². The summed E-state index contributed by atoms with van der Waals surface area (Å²) in [6.07, 6.45) is 3.65. The van der Waals surface area contributed by atoms with Crippen LogP contribution in [-0.4, -0.2) is 22.5 Å². The fraction of sp³-hybridized carbons (Fsp3) is 0.286. The number of hydrogen-bond acceptors (Lipinski definition) is 4. The summed E-state index contributed by atoms with van der Waals surface area (Å²) in [6, 6.07) is 15.7. The minimum atomic E-state index is -0.562. The summed E-state index contributed by atoms with van der Waals surface area (Å²) in [5.41, 5.74) is 4.31. The number of aliphatic hydroxyl groups excluding tert-OH is 1. The van der Waals surface area contributed by atoms with Crippen molar-refractivity contribution in [3.63, 3.8) is 0 Å². The van der Waals surface area contributed by atoms with E-state index in [-0.39, 0.29) is 6.42 Å². The van der Waals surface area contributed by atoms with E-state index in [0.717, 1.165) is 16.7 Å². The molecule has 1 atom stereocenters. The summed E-state index contributed by atoms with van der Waals surface area (Å²) in [4.78, 5) is 12.1. The smallest absolute Gasteiger partial charge is 0.243 e. The van der Waals surface area contributed by atoms with E-state index in [9.17, 15) is 9.90 Å². The van der Waals surface area contributed by atoms with Crippen molar-refractivity contribution in [1.82, 2.24) is 5.48 Å². The molecule has 0 aliphatic carbocycles. The molecule has 0 fully saturated rings. The van der Waals surface area contributed by atoms with Crippen LogP contribution in [0.4, 0.5) is 0 Å². The number of benzene rings is 2. The Hall–Kier alpha value is -2.26. The fourth-order valence-corrected chi connectivity index (χ4v) is 2.86. The predicted octanol–water partition coefficient (Wildman–Crippen LogP) is 3.91. The summed E-state index contributed by atoms with van der Waals surface area (Å²) in [5, 5.41) is 18.6. The number of unbranched alkanes of at least 4 members (excludes halogenated alkanes) is 1. The van der Waals surface area contributed by atoms with Crippen molar-refractivity contribution in [2.75, 3.05) is 6.26 Å². The number of carbonyl (C=O) groups is 1. The Labute approximate surface area is 158 Å². The zero-order valence-corrected chi connectivity index (χ0v) is 15.6. The van der Waals surface area contributed by atoms with Gasteiger partial charge in [0.05, 0.1) is 6.10 Å². The summed E-state index contributed by atoms with van der Waals surface area (Å²) in [5.74, 6) is 5.87. The number of amides is 1. The third kappa shape index (κ3) is 6.57. The normalized spacial score (nSPS) is 11.3. The third-order valence-corrected chi connectivity index (χ3v) is 4.74. The van der Waals surface area contributed by atoms with Crippen LogP contribution >= 0.6 is 11.8 Å². The zero-order valence-electron chi connectivity index (χ0n) is 14.7. The Morgan fingerprint density at radius 1 is 1.04 bits per heavy atom. The molecule has 0 heterocycles. The lowest BCUT2D eigenvalue weighted by molar-refractivity contribution is -0.129. The molecule has 1 unspecified atom stereocenters. The van der Waals surface area contributed by atoms with E-state index in [4.69, 9.17) is 5.21 Å². The third-order valence-electron chi connectivity index (χ3n) is 3.99. The molecule has 2 aromatic rings. The number of hydrogen-bond donors (Lipinski definition) is 3. The van der Waals surface area contributed by atoms with E-state index in [1.54, 1.807) is 17.2 Å². The van der Waals surface area contributed by atoms with Crippen LogP contribution in [0.3, 0.4) is 0 Å². The lowest BCUT2D eigenvalue weighted by atomic mass is 10.0. The van der Waals surface area contributed by atoms with Crippen molar-refractivity contribution in [2.45, 2.75) is 36.7 Å². The molecule has 1 amide bonds. The van der Waals surface area contributed by atoms with Crippen molar-refractivity contribution < 1.29 is 15.1 Å². The SMILES string of the molecule is CSc1ccc(C#Cc2ccc(C(O)CCCCC(=O)NO)cc2)cc1. The molecule has 0 bridgehead atoms. The molecule has 2 aromatic carbocycles. The van der Waals surface area contributed by atoms with Crippen molar-refractivity contribution in [3.05, 3.63) is 65.2 Å². The second-order valence-electron chi connectivity index (χ2n) is 5.90. The van der Waals surface area contributed by atoms with Gasteiger partial charge in [0, 0.05) is 22.4 Å². The molecule has 3 N–H and O–H groups in total. The molecule has 136 valence electrons. The van der Waals surface area contributed by atoms with E-state index in [2.05, 4.69) is 24.0 Å². The number of hydroxylamine groups is 1. The molecule has 26 heavy (non-hydrogen) atoms. The van der Waals surface area contributed by atoms with Crippen molar-refractivity contribution in [3.8, 4) is 11.8 Å². The van der Waals surface area contributed by atoms with Crippen molar-refractivity contribution in [1.29, 1.82) is 0 Å². The number of nitrogens with one attached hydrogen (secondary N) is 1. The van der Waals surface area contributed by atoms with Gasteiger partial charge in [-0.05, 0) is 61.1 Å². The highest BCUT2D eigenvalue weighted by Gasteiger charge is 2.07. The van der Waals surface area contributed by atoms with Crippen LogP contribution in [0.1, 0.15) is 48.5 Å². The van der Waals surface area contributed by atoms with Gasteiger partial charge in [0.15, 0.2) is 0 Å². The molecule has 0 spiro atoms. The fourth-order valence-electron chi connectivity index (χ4n) is 2.45. The van der Waals surface area contributed by atoms with E-state index in [1.165, 1.54) is 4.90 Å². The van der Waals surface area contributed by atoms with E-state index >= 15 is 0 Å². The maximum absolute atomic E-state index is 10.9. The quantitative estimate of drug-likeness (QED) is 0.228. The Morgan fingerprint density at radius 3 is 2.15 bits per heavy atom. The van der Waals surface area contributed by atoms with E-state index in [1.807, 2.05) is 42.7 Å². The van der Waals surface area contributed by atoms with Gasteiger partial charge in [-0.3, -0.25) is 10.0 Å². The van der Waals surface area contributed by atoms with Gasteiger partial charge in [-0.1, -0.05) is 30.4 Å². The molecule has 0 saturated carbocycles. The molecule has 0 aromatic heterocycles. The topological polar surface area (TPSA) is 69.6 Å². The Bertz CT molecular complexity index is 761. The molecule has 4 nitrogen and oxygen atoms in total. The highest BCUT2D eigenvalue weighted by Crippen LogP contribution is 2.20. The Kier molecular flexibility index (Phi) is 8.23. The Balaban J connectivity index is 1.87. The monoisotopic (exact) mass is 369 g/mol. The van der Waals surface area contributed by atoms with Gasteiger partial charge in [0.1, 0.15) is 0 Å². The molecule has 2 rings (SSSR count). The zero-order chi connectivity index (χ0) is 18.8. The van der Waals surface area contributed by atoms with Gasteiger partial charge in [-0.25, -0.2) is 5.48 Å². The highest BCUT2D eigenvalue weighted by atomic mass is 32.2. The van der Waals surface area contributed by atoms with Crippen LogP contribution in [0.5, 0.6) is 0 Å². The summed E-state index contributed by atoms with van der Waals surface area (Å²) < 4.78 is 0. The van der Waals surface area contributed by atoms with Gasteiger partial charge in [-0.15, -0.1) is 11.8 Å². The highest BCUT2D eigenvalue weighted by molar-refractivity contribution is 7.98. The summed E-state index contributed by atoms with van der Waals surface area (Å²) in [6.45, 7) is 0. The average Bonchev–Trinajstić information content (AvgIpc) is 2.70. The first kappa shape index (κ1) is 20.1. The lowest BCUT2D eigenvalue weighted by Gasteiger charge is -2.10. The number of carbonyl (C=O) groups excluding carboxylic acids is 1. The van der Waals surface area contributed by atoms with E-state index < -0.39 is 12.0 Å². The molecular weight excluding hydrogens is 346 g/mol. The van der Waals surface area contributed by atoms with Gasteiger partial charge in [0.25, 0.3) is 0 Å². The standard InChI is InChI=1S/C21H23NO3S/c1-26-19-14-10-17(11-15-19)7-6-16-8-12-18(13-9-16)20(23)4-2-3-5-21(24)22-25/h8-15,20,23,25H,2-5H2,1H3,(H,22,24). The first-order valence-corrected chi connectivity index (χ1v) is 9.72. The molecule has 0 radical (unpaired) electrons. The number of thioether (sulfide) groups is 1. The van der Waals surface area contributed by atoms with Gasteiger partial charge >= 0.3 is 0 Å². The van der Waals surface area contributed by atoms with Crippen LogP contribution in [0.15, 0.2) is 53.4 Å². The summed E-state index contributed by atoms with van der Waals surface area (Å²) >= 11 is 1.70. The maximum Gasteiger partial charge on any atom is 0.243 e. The second kappa shape index (κ2) is 10.7. The van der Waals surface area contributed by atoms with Crippen molar-refractivity contribution in [2.24, 2.45) is 0 Å². The van der Waals surface area contributed by atoms with Crippen LogP contribution < -0.4 is 5.48 Å².